The summed E-state index contributed by atoms with van der Waals surface area (Å²) in [7, 11) is 0. The average molecular weight is 419 g/mol. The summed E-state index contributed by atoms with van der Waals surface area (Å²) in [4.78, 5) is 31.0. The van der Waals surface area contributed by atoms with Crippen LogP contribution >= 0.6 is 0 Å². The van der Waals surface area contributed by atoms with Crippen LogP contribution in [-0.4, -0.2) is 93.9 Å². The summed E-state index contributed by atoms with van der Waals surface area (Å²) < 4.78 is 10.6. The number of ether oxygens (including phenoxy) is 2. The van der Waals surface area contributed by atoms with E-state index in [1.54, 1.807) is 9.80 Å². The number of piperazine rings is 2. The summed E-state index contributed by atoms with van der Waals surface area (Å²) in [6, 6.07) is 6.60. The van der Waals surface area contributed by atoms with Crippen LogP contribution in [0.25, 0.3) is 0 Å². The van der Waals surface area contributed by atoms with Gasteiger partial charge in [0, 0.05) is 38.2 Å². The summed E-state index contributed by atoms with van der Waals surface area (Å²) in [5.74, 6) is 1.25. The van der Waals surface area contributed by atoms with Gasteiger partial charge in [0.15, 0.2) is 6.54 Å². The number of carbonyl (C=O) groups excluding carboxylic acids is 2. The number of hydrogen-bond donors (Lipinski definition) is 2. The van der Waals surface area contributed by atoms with Crippen molar-refractivity contribution in [2.75, 3.05) is 72.1 Å². The Labute approximate surface area is 178 Å². The van der Waals surface area contributed by atoms with Crippen molar-refractivity contribution in [2.24, 2.45) is 0 Å². The summed E-state index contributed by atoms with van der Waals surface area (Å²) in [5.41, 5.74) is 2.72. The zero-order valence-corrected chi connectivity index (χ0v) is 18.0. The molecule has 1 aromatic rings. The molecule has 1 aromatic carbocycles. The van der Waals surface area contributed by atoms with Crippen LogP contribution in [0.2, 0.25) is 0 Å². The quantitative estimate of drug-likeness (QED) is 0.593. The Balaban J connectivity index is 1.18. The molecule has 0 atom stereocenters. The monoisotopic (exact) mass is 418 g/mol. The van der Waals surface area contributed by atoms with Gasteiger partial charge in [-0.05, 0) is 30.7 Å². The molecule has 2 amide bonds. The zero-order valence-electron chi connectivity index (χ0n) is 18.0. The molecule has 2 saturated heterocycles. The van der Waals surface area contributed by atoms with Gasteiger partial charge in [-0.3, -0.25) is 4.79 Å². The number of carbonyl (C=O) groups is 2. The zero-order chi connectivity index (χ0) is 20.9. The molecular weight excluding hydrogens is 384 g/mol. The van der Waals surface area contributed by atoms with Crippen molar-refractivity contribution in [3.8, 4) is 5.75 Å². The van der Waals surface area contributed by atoms with Crippen LogP contribution in [0, 0.1) is 0 Å². The molecule has 3 aliphatic heterocycles. The molecule has 0 unspecified atom stereocenters. The molecule has 3 aliphatic rings. The first-order chi connectivity index (χ1) is 14.6. The predicted molar refractivity (Wildman–Crippen MR) is 111 cm³/mol. The van der Waals surface area contributed by atoms with Crippen molar-refractivity contribution >= 4 is 12.0 Å². The lowest BCUT2D eigenvalue weighted by molar-refractivity contribution is -1.02. The van der Waals surface area contributed by atoms with Crippen molar-refractivity contribution in [1.29, 1.82) is 0 Å². The number of rotatable bonds is 5. The molecule has 3 heterocycles. The largest absolute Gasteiger partial charge is 0.493 e. The van der Waals surface area contributed by atoms with E-state index in [0.29, 0.717) is 39.3 Å². The van der Waals surface area contributed by atoms with Gasteiger partial charge in [0.25, 0.3) is 5.91 Å². The summed E-state index contributed by atoms with van der Waals surface area (Å²) in [5, 5.41) is 0. The van der Waals surface area contributed by atoms with Crippen molar-refractivity contribution in [2.45, 2.75) is 19.9 Å². The fraction of sp³-hybridized carbons (Fsp3) is 0.636. The maximum Gasteiger partial charge on any atom is 0.409 e. The van der Waals surface area contributed by atoms with Crippen LogP contribution in [-0.2, 0) is 22.5 Å². The van der Waals surface area contributed by atoms with E-state index in [-0.39, 0.29) is 12.0 Å². The lowest BCUT2D eigenvalue weighted by Gasteiger charge is -2.35. The fourth-order valence-electron chi connectivity index (χ4n) is 4.63. The minimum Gasteiger partial charge on any atom is -0.493 e. The maximum absolute atomic E-state index is 12.7. The van der Waals surface area contributed by atoms with Crippen molar-refractivity contribution < 1.29 is 28.9 Å². The van der Waals surface area contributed by atoms with Gasteiger partial charge >= 0.3 is 6.09 Å². The Morgan fingerprint density at radius 3 is 2.47 bits per heavy atom. The minimum atomic E-state index is -0.273. The van der Waals surface area contributed by atoms with Crippen molar-refractivity contribution in [1.82, 2.24) is 9.80 Å². The Morgan fingerprint density at radius 1 is 1.03 bits per heavy atom. The Kier molecular flexibility index (Phi) is 6.74. The Morgan fingerprint density at radius 2 is 1.73 bits per heavy atom. The third-order valence-corrected chi connectivity index (χ3v) is 6.43. The molecule has 164 valence electrons. The van der Waals surface area contributed by atoms with E-state index in [4.69, 9.17) is 9.47 Å². The third-order valence-electron chi connectivity index (χ3n) is 6.43. The molecule has 0 bridgehead atoms. The topological polar surface area (TPSA) is 68.0 Å². The average Bonchev–Trinajstić information content (AvgIpc) is 3.23. The summed E-state index contributed by atoms with van der Waals surface area (Å²) in [6.07, 6.45) is 0.747. The normalized spacial score (nSPS) is 23.6. The van der Waals surface area contributed by atoms with Crippen LogP contribution in [0.15, 0.2) is 18.2 Å². The van der Waals surface area contributed by atoms with Gasteiger partial charge in [-0.2, -0.15) is 0 Å². The van der Waals surface area contributed by atoms with Crippen molar-refractivity contribution in [3.05, 3.63) is 29.3 Å². The molecule has 8 heteroatoms. The van der Waals surface area contributed by atoms with Crippen LogP contribution in [0.5, 0.6) is 5.75 Å². The lowest BCUT2D eigenvalue weighted by Crippen LogP contribution is -3.28. The van der Waals surface area contributed by atoms with E-state index in [0.717, 1.165) is 51.5 Å². The first kappa shape index (κ1) is 20.9. The standard InChI is InChI=1S/C22H32N4O4/c1-2-29-22(28)26-12-10-25(11-13-26)21(27)17-24-8-6-23(7-9-24)16-18-3-4-20-19(15-18)5-14-30-20/h3-4,15H,2,5-14,16-17H2,1H3/p+2. The third kappa shape index (κ3) is 5.05. The highest BCUT2D eigenvalue weighted by molar-refractivity contribution is 5.77. The minimum absolute atomic E-state index is 0.204. The van der Waals surface area contributed by atoms with Gasteiger partial charge in [0.2, 0.25) is 0 Å². The molecule has 0 aliphatic carbocycles. The number of amides is 2. The highest BCUT2D eigenvalue weighted by atomic mass is 16.6. The molecule has 0 saturated carbocycles. The number of nitrogens with one attached hydrogen (secondary N) is 2. The van der Waals surface area contributed by atoms with E-state index in [1.165, 1.54) is 16.0 Å². The summed E-state index contributed by atoms with van der Waals surface area (Å²) >= 11 is 0. The molecule has 2 N–H and O–H groups in total. The Bertz CT molecular complexity index is 756. The second kappa shape index (κ2) is 9.66. The highest BCUT2D eigenvalue weighted by Gasteiger charge is 2.30. The first-order valence-corrected chi connectivity index (χ1v) is 11.2. The molecule has 0 aromatic heterocycles. The molecule has 0 radical (unpaired) electrons. The van der Waals surface area contributed by atoms with E-state index in [2.05, 4.69) is 18.2 Å². The molecule has 0 spiro atoms. The molecule has 8 nitrogen and oxygen atoms in total. The molecule has 4 rings (SSSR count). The second-order valence-electron chi connectivity index (χ2n) is 8.46. The number of benzene rings is 1. The van der Waals surface area contributed by atoms with Crippen LogP contribution in [0.1, 0.15) is 18.1 Å². The van der Waals surface area contributed by atoms with E-state index in [1.807, 2.05) is 11.8 Å². The smallest absolute Gasteiger partial charge is 0.409 e. The SMILES string of the molecule is CCOC(=O)N1CCN(C(=O)C[NH+]2CC[NH+](Cc3ccc4c(c3)CCO4)CC2)CC1. The first-order valence-electron chi connectivity index (χ1n) is 11.2. The predicted octanol–water partition coefficient (Wildman–Crippen LogP) is -1.79. The molecular formula is C22H34N4O4+2. The van der Waals surface area contributed by atoms with Gasteiger partial charge < -0.3 is 29.1 Å². The van der Waals surface area contributed by atoms with Crippen LogP contribution in [0.3, 0.4) is 0 Å². The van der Waals surface area contributed by atoms with Gasteiger partial charge in [-0.25, -0.2) is 4.79 Å². The second-order valence-corrected chi connectivity index (χ2v) is 8.46. The van der Waals surface area contributed by atoms with Gasteiger partial charge in [-0.1, -0.05) is 0 Å². The Hall–Kier alpha value is -2.32. The number of hydrogen-bond acceptors (Lipinski definition) is 4. The molecule has 2 fully saturated rings. The van der Waals surface area contributed by atoms with Gasteiger partial charge in [-0.15, -0.1) is 0 Å². The summed E-state index contributed by atoms with van der Waals surface area (Å²) in [6.45, 7) is 11.2. The van der Waals surface area contributed by atoms with Gasteiger partial charge in [0.05, 0.1) is 13.2 Å². The lowest BCUT2D eigenvalue weighted by atomic mass is 10.1. The van der Waals surface area contributed by atoms with E-state index in [9.17, 15) is 9.59 Å². The number of quaternary nitrogens is 2. The molecule has 30 heavy (non-hydrogen) atoms. The highest BCUT2D eigenvalue weighted by Crippen LogP contribution is 2.25. The van der Waals surface area contributed by atoms with Crippen LogP contribution < -0.4 is 14.5 Å². The number of fused-ring (bicyclic) bond motifs is 1. The van der Waals surface area contributed by atoms with Gasteiger partial charge in [0.1, 0.15) is 38.5 Å². The maximum atomic E-state index is 12.7. The van der Waals surface area contributed by atoms with Crippen LogP contribution in [0.4, 0.5) is 4.79 Å². The van der Waals surface area contributed by atoms with E-state index < -0.39 is 0 Å². The number of nitrogens with zero attached hydrogens (tertiary/aromatic N) is 2. The van der Waals surface area contributed by atoms with Crippen molar-refractivity contribution in [3.63, 3.8) is 0 Å². The van der Waals surface area contributed by atoms with E-state index >= 15 is 0 Å². The fourth-order valence-corrected chi connectivity index (χ4v) is 4.63.